The summed E-state index contributed by atoms with van der Waals surface area (Å²) in [6.45, 7) is 0. The fourth-order valence-corrected chi connectivity index (χ4v) is 1.19. The molecule has 0 bridgehead atoms. The summed E-state index contributed by atoms with van der Waals surface area (Å²) < 4.78 is 12.9. The molecule has 0 spiro atoms. The number of pyridine rings is 1. The molecule has 1 aromatic carbocycles. The van der Waals surface area contributed by atoms with Gasteiger partial charge in [0.25, 0.3) is 0 Å². The van der Waals surface area contributed by atoms with Crippen molar-refractivity contribution < 1.29 is 9.50 Å². The first-order valence-electron chi connectivity index (χ1n) is 4.69. The van der Waals surface area contributed by atoms with Crippen LogP contribution in [0, 0.1) is 5.82 Å². The van der Waals surface area contributed by atoms with E-state index >= 15 is 0 Å². The molecule has 0 saturated carbocycles. The van der Waals surface area contributed by atoms with Gasteiger partial charge < -0.3 is 5.11 Å². The topological polar surface area (TPSA) is 45.5 Å². The van der Waals surface area contributed by atoms with Gasteiger partial charge in [0, 0.05) is 18.0 Å². The molecule has 0 radical (unpaired) electrons. The number of nitrogens with zero attached hydrogens (tertiary/aromatic N) is 2. The zero-order valence-electron chi connectivity index (χ0n) is 8.34. The average molecular weight is 216 g/mol. The highest BCUT2D eigenvalue weighted by atomic mass is 19.1. The second kappa shape index (κ2) is 4.53. The fraction of sp³-hybridized carbons (Fsp3) is 0. The number of phenols is 1. The third-order valence-corrected chi connectivity index (χ3v) is 1.97. The van der Waals surface area contributed by atoms with Crippen LogP contribution >= 0.6 is 0 Å². The minimum Gasteiger partial charge on any atom is -0.507 e. The van der Waals surface area contributed by atoms with Crippen molar-refractivity contribution in [2.75, 3.05) is 0 Å². The monoisotopic (exact) mass is 216 g/mol. The number of phenolic OH excluding ortho intramolecular Hbond substituents is 1. The lowest BCUT2D eigenvalue weighted by Crippen LogP contribution is -1.84. The van der Waals surface area contributed by atoms with Gasteiger partial charge in [-0.3, -0.25) is 0 Å². The molecule has 0 fully saturated rings. The Hall–Kier alpha value is -2.23. The summed E-state index contributed by atoms with van der Waals surface area (Å²) in [6.07, 6.45) is 2.98. The van der Waals surface area contributed by atoms with E-state index in [4.69, 9.17) is 0 Å². The minimum absolute atomic E-state index is 0.0129. The van der Waals surface area contributed by atoms with E-state index < -0.39 is 5.82 Å². The normalized spacial score (nSPS) is 10.8. The molecule has 0 saturated heterocycles. The summed E-state index contributed by atoms with van der Waals surface area (Å²) in [5.41, 5.74) is 0.325. The molecule has 0 unspecified atom stereocenters. The van der Waals surface area contributed by atoms with Gasteiger partial charge in [-0.2, -0.15) is 0 Å². The highest BCUT2D eigenvalue weighted by Crippen LogP contribution is 2.16. The lowest BCUT2D eigenvalue weighted by Gasteiger charge is -1.97. The van der Waals surface area contributed by atoms with Gasteiger partial charge in [-0.1, -0.05) is 6.07 Å². The number of hydrogen-bond donors (Lipinski definition) is 1. The fourth-order valence-electron chi connectivity index (χ4n) is 1.19. The Balaban J connectivity index is 2.27. The quantitative estimate of drug-likeness (QED) is 0.784. The van der Waals surface area contributed by atoms with Crippen LogP contribution in [0.25, 0.3) is 0 Å². The summed E-state index contributed by atoms with van der Waals surface area (Å²) in [6, 6.07) is 8.97. The van der Waals surface area contributed by atoms with Crippen molar-refractivity contribution in [3.8, 4) is 5.75 Å². The first kappa shape index (κ1) is 10.3. The maximum atomic E-state index is 12.9. The Kier molecular flexibility index (Phi) is 2.91. The largest absolute Gasteiger partial charge is 0.507 e. The van der Waals surface area contributed by atoms with Gasteiger partial charge in [0.15, 0.2) is 5.82 Å². The molecule has 1 aromatic heterocycles. The van der Waals surface area contributed by atoms with Crippen LogP contribution in [0.4, 0.5) is 10.2 Å². The van der Waals surface area contributed by atoms with E-state index in [1.165, 1.54) is 24.4 Å². The molecule has 0 amide bonds. The van der Waals surface area contributed by atoms with E-state index in [0.717, 1.165) is 0 Å². The van der Waals surface area contributed by atoms with Crippen LogP contribution in [-0.4, -0.2) is 16.3 Å². The van der Waals surface area contributed by atoms with Crippen molar-refractivity contribution in [2.24, 2.45) is 4.99 Å². The van der Waals surface area contributed by atoms with Crippen LogP contribution in [0.15, 0.2) is 47.6 Å². The van der Waals surface area contributed by atoms with Gasteiger partial charge in [0.1, 0.15) is 11.6 Å². The molecule has 1 N–H and O–H groups in total. The number of halogens is 1. The highest BCUT2D eigenvalue weighted by Gasteiger charge is 1.99. The highest BCUT2D eigenvalue weighted by molar-refractivity contribution is 5.84. The summed E-state index contributed by atoms with van der Waals surface area (Å²) >= 11 is 0. The van der Waals surface area contributed by atoms with Gasteiger partial charge in [-0.25, -0.2) is 14.4 Å². The summed E-state index contributed by atoms with van der Waals surface area (Å²) in [5.74, 6) is 0.0764. The number of hydrogen-bond acceptors (Lipinski definition) is 3. The second-order valence-corrected chi connectivity index (χ2v) is 3.15. The van der Waals surface area contributed by atoms with Crippen molar-refractivity contribution in [1.29, 1.82) is 0 Å². The van der Waals surface area contributed by atoms with Crippen LogP contribution in [-0.2, 0) is 0 Å². The zero-order chi connectivity index (χ0) is 11.4. The lowest BCUT2D eigenvalue weighted by atomic mass is 10.2. The SMILES string of the molecule is Oc1ccc(F)cc1/C=N/c1ccccn1. The number of aromatic hydroxyl groups is 1. The second-order valence-electron chi connectivity index (χ2n) is 3.15. The van der Waals surface area contributed by atoms with Crippen molar-refractivity contribution in [3.05, 3.63) is 54.0 Å². The van der Waals surface area contributed by atoms with Crippen LogP contribution in [0.5, 0.6) is 5.75 Å². The van der Waals surface area contributed by atoms with Crippen molar-refractivity contribution >= 4 is 12.0 Å². The Bertz CT molecular complexity index is 512. The van der Waals surface area contributed by atoms with E-state index in [1.807, 2.05) is 0 Å². The van der Waals surface area contributed by atoms with Crippen LogP contribution in [0.1, 0.15) is 5.56 Å². The maximum Gasteiger partial charge on any atom is 0.151 e. The predicted octanol–water partition coefficient (Wildman–Crippen LogP) is 2.68. The molecule has 80 valence electrons. The lowest BCUT2D eigenvalue weighted by molar-refractivity contribution is 0.472. The summed E-state index contributed by atoms with van der Waals surface area (Å²) in [5, 5.41) is 9.43. The van der Waals surface area contributed by atoms with Crippen LogP contribution in [0.2, 0.25) is 0 Å². The first-order chi connectivity index (χ1) is 7.75. The van der Waals surface area contributed by atoms with Gasteiger partial charge in [-0.05, 0) is 30.3 Å². The molecule has 0 atom stereocenters. The van der Waals surface area contributed by atoms with Gasteiger partial charge in [-0.15, -0.1) is 0 Å². The Morgan fingerprint density at radius 2 is 2.12 bits per heavy atom. The number of aromatic nitrogens is 1. The van der Waals surface area contributed by atoms with E-state index in [9.17, 15) is 9.50 Å². The average Bonchev–Trinajstić information content (AvgIpc) is 2.32. The van der Waals surface area contributed by atoms with Gasteiger partial charge in [0.2, 0.25) is 0 Å². The molecule has 0 aliphatic rings. The van der Waals surface area contributed by atoms with Gasteiger partial charge in [0.05, 0.1) is 0 Å². The minimum atomic E-state index is -0.416. The Morgan fingerprint density at radius 3 is 2.88 bits per heavy atom. The standard InChI is InChI=1S/C12H9FN2O/c13-10-4-5-11(16)9(7-10)8-15-12-3-1-2-6-14-12/h1-8,16H/b15-8+. The van der Waals surface area contributed by atoms with Crippen molar-refractivity contribution in [3.63, 3.8) is 0 Å². The van der Waals surface area contributed by atoms with Gasteiger partial charge >= 0.3 is 0 Å². The third-order valence-electron chi connectivity index (χ3n) is 1.97. The molecular formula is C12H9FN2O. The number of rotatable bonds is 2. The molecule has 4 heteroatoms. The van der Waals surface area contributed by atoms with Crippen molar-refractivity contribution in [1.82, 2.24) is 4.98 Å². The van der Waals surface area contributed by atoms with Crippen molar-refractivity contribution in [2.45, 2.75) is 0 Å². The number of benzene rings is 1. The summed E-state index contributed by atoms with van der Waals surface area (Å²) in [7, 11) is 0. The molecule has 1 heterocycles. The molecule has 2 rings (SSSR count). The van der Waals surface area contributed by atoms with E-state index in [2.05, 4.69) is 9.98 Å². The van der Waals surface area contributed by atoms with Crippen LogP contribution in [0.3, 0.4) is 0 Å². The zero-order valence-corrected chi connectivity index (χ0v) is 8.34. The Morgan fingerprint density at radius 1 is 1.25 bits per heavy atom. The van der Waals surface area contributed by atoms with E-state index in [1.54, 1.807) is 24.4 Å². The Labute approximate surface area is 91.9 Å². The first-order valence-corrected chi connectivity index (χ1v) is 4.69. The predicted molar refractivity (Wildman–Crippen MR) is 59.6 cm³/mol. The van der Waals surface area contributed by atoms with E-state index in [-0.39, 0.29) is 5.75 Å². The molecule has 3 nitrogen and oxygen atoms in total. The molecule has 0 aliphatic heterocycles. The molecule has 0 aliphatic carbocycles. The van der Waals surface area contributed by atoms with E-state index in [0.29, 0.717) is 11.4 Å². The molecular weight excluding hydrogens is 207 g/mol. The maximum absolute atomic E-state index is 12.9. The number of aliphatic imine (C=N–C) groups is 1. The van der Waals surface area contributed by atoms with Crippen LogP contribution < -0.4 is 0 Å². The third kappa shape index (κ3) is 2.42. The molecule has 2 aromatic rings. The molecule has 16 heavy (non-hydrogen) atoms. The smallest absolute Gasteiger partial charge is 0.151 e. The summed E-state index contributed by atoms with van der Waals surface area (Å²) in [4.78, 5) is 7.99.